The maximum atomic E-state index is 13.0. The Morgan fingerprint density at radius 3 is 2.84 bits per heavy atom. The van der Waals surface area contributed by atoms with E-state index in [1.165, 1.54) is 31.7 Å². The van der Waals surface area contributed by atoms with Crippen LogP contribution in [0.15, 0.2) is 22.7 Å². The van der Waals surface area contributed by atoms with Crippen LogP contribution in [0.1, 0.15) is 38.2 Å². The Bertz CT molecular complexity index is 462. The number of hydrogen-bond donors (Lipinski definition) is 1. The first-order valence-electron chi connectivity index (χ1n) is 7.31. The van der Waals surface area contributed by atoms with Crippen LogP contribution < -0.4 is 5.32 Å². The summed E-state index contributed by atoms with van der Waals surface area (Å²) in [5, 5.41) is 3.63. The Balaban J connectivity index is 1.57. The number of rotatable bonds is 4. The lowest BCUT2D eigenvalue weighted by Crippen LogP contribution is -2.35. The van der Waals surface area contributed by atoms with Gasteiger partial charge in [0, 0.05) is 17.1 Å². The SMILES string of the molecule is CC(NCc1ccc(F)cc1Br)C1CC2CCC1C2. The zero-order valence-electron chi connectivity index (χ0n) is 11.3. The molecular formula is C16H21BrFN. The molecule has 2 saturated carbocycles. The molecule has 2 aliphatic rings. The Morgan fingerprint density at radius 1 is 1.37 bits per heavy atom. The second kappa shape index (κ2) is 5.53. The number of fused-ring (bicyclic) bond motifs is 2. The third-order valence-corrected chi connectivity index (χ3v) is 5.80. The molecule has 104 valence electrons. The van der Waals surface area contributed by atoms with Crippen molar-refractivity contribution in [2.45, 2.75) is 45.2 Å². The van der Waals surface area contributed by atoms with Gasteiger partial charge in [-0.05, 0) is 61.6 Å². The largest absolute Gasteiger partial charge is 0.310 e. The fourth-order valence-corrected chi connectivity index (χ4v) is 4.48. The Labute approximate surface area is 123 Å². The summed E-state index contributed by atoms with van der Waals surface area (Å²) in [6.07, 6.45) is 5.75. The van der Waals surface area contributed by atoms with Crippen molar-refractivity contribution in [3.05, 3.63) is 34.1 Å². The molecule has 4 unspecified atom stereocenters. The van der Waals surface area contributed by atoms with Crippen molar-refractivity contribution in [1.29, 1.82) is 0 Å². The van der Waals surface area contributed by atoms with Gasteiger partial charge in [-0.25, -0.2) is 4.39 Å². The van der Waals surface area contributed by atoms with Crippen LogP contribution in [0.4, 0.5) is 4.39 Å². The number of nitrogens with one attached hydrogen (secondary N) is 1. The molecule has 19 heavy (non-hydrogen) atoms. The van der Waals surface area contributed by atoms with Crippen LogP contribution in [-0.2, 0) is 6.54 Å². The summed E-state index contributed by atoms with van der Waals surface area (Å²) in [5.41, 5.74) is 1.14. The average molecular weight is 326 g/mol. The molecule has 3 rings (SSSR count). The minimum Gasteiger partial charge on any atom is -0.310 e. The highest BCUT2D eigenvalue weighted by atomic mass is 79.9. The molecular weight excluding hydrogens is 305 g/mol. The molecule has 0 amide bonds. The smallest absolute Gasteiger partial charge is 0.124 e. The van der Waals surface area contributed by atoms with E-state index in [2.05, 4.69) is 28.2 Å². The third-order valence-electron chi connectivity index (χ3n) is 5.06. The molecule has 0 spiro atoms. The molecule has 1 aromatic rings. The van der Waals surface area contributed by atoms with Gasteiger partial charge in [-0.2, -0.15) is 0 Å². The van der Waals surface area contributed by atoms with Crippen LogP contribution in [0.3, 0.4) is 0 Å². The number of benzene rings is 1. The van der Waals surface area contributed by atoms with Crippen molar-refractivity contribution in [1.82, 2.24) is 5.32 Å². The second-order valence-corrected chi connectivity index (χ2v) is 7.10. The van der Waals surface area contributed by atoms with Crippen LogP contribution in [-0.4, -0.2) is 6.04 Å². The fraction of sp³-hybridized carbons (Fsp3) is 0.625. The average Bonchev–Trinajstić information content (AvgIpc) is 2.99. The van der Waals surface area contributed by atoms with E-state index in [9.17, 15) is 4.39 Å². The molecule has 0 radical (unpaired) electrons. The van der Waals surface area contributed by atoms with E-state index < -0.39 is 0 Å². The summed E-state index contributed by atoms with van der Waals surface area (Å²) < 4.78 is 13.9. The second-order valence-electron chi connectivity index (χ2n) is 6.24. The zero-order chi connectivity index (χ0) is 13.4. The van der Waals surface area contributed by atoms with Gasteiger partial charge in [-0.1, -0.05) is 28.4 Å². The molecule has 2 aliphatic carbocycles. The first kappa shape index (κ1) is 13.6. The van der Waals surface area contributed by atoms with Crippen LogP contribution >= 0.6 is 15.9 Å². The van der Waals surface area contributed by atoms with Crippen molar-refractivity contribution >= 4 is 15.9 Å². The molecule has 2 fully saturated rings. The minimum atomic E-state index is -0.184. The molecule has 2 bridgehead atoms. The van der Waals surface area contributed by atoms with Gasteiger partial charge in [0.2, 0.25) is 0 Å². The Kier molecular flexibility index (Phi) is 3.95. The first-order valence-corrected chi connectivity index (χ1v) is 8.10. The van der Waals surface area contributed by atoms with Crippen molar-refractivity contribution in [3.8, 4) is 0 Å². The predicted molar refractivity (Wildman–Crippen MR) is 79.3 cm³/mol. The van der Waals surface area contributed by atoms with Gasteiger partial charge < -0.3 is 5.32 Å². The lowest BCUT2D eigenvalue weighted by atomic mass is 9.84. The summed E-state index contributed by atoms with van der Waals surface area (Å²) >= 11 is 3.43. The maximum Gasteiger partial charge on any atom is 0.124 e. The topological polar surface area (TPSA) is 12.0 Å². The van der Waals surface area contributed by atoms with Gasteiger partial charge in [0.25, 0.3) is 0 Å². The molecule has 3 heteroatoms. The fourth-order valence-electron chi connectivity index (χ4n) is 3.99. The lowest BCUT2D eigenvalue weighted by Gasteiger charge is -2.28. The maximum absolute atomic E-state index is 13.0. The Morgan fingerprint density at radius 2 is 2.21 bits per heavy atom. The van der Waals surface area contributed by atoms with Gasteiger partial charge in [0.1, 0.15) is 5.82 Å². The molecule has 0 saturated heterocycles. The van der Waals surface area contributed by atoms with Crippen molar-refractivity contribution < 1.29 is 4.39 Å². The minimum absolute atomic E-state index is 0.184. The first-order chi connectivity index (χ1) is 9.13. The predicted octanol–water partition coefficient (Wildman–Crippen LogP) is 4.50. The summed E-state index contributed by atoms with van der Waals surface area (Å²) in [7, 11) is 0. The molecule has 1 nitrogen and oxygen atoms in total. The van der Waals surface area contributed by atoms with E-state index in [-0.39, 0.29) is 5.82 Å². The van der Waals surface area contributed by atoms with Gasteiger partial charge >= 0.3 is 0 Å². The van der Waals surface area contributed by atoms with Crippen molar-refractivity contribution in [3.63, 3.8) is 0 Å². The number of halogens is 2. The van der Waals surface area contributed by atoms with E-state index in [0.29, 0.717) is 6.04 Å². The van der Waals surface area contributed by atoms with E-state index in [0.717, 1.165) is 34.3 Å². The normalized spacial score (nSPS) is 30.8. The van der Waals surface area contributed by atoms with Crippen LogP contribution in [0.2, 0.25) is 0 Å². The summed E-state index contributed by atoms with van der Waals surface area (Å²) in [4.78, 5) is 0. The van der Waals surface area contributed by atoms with E-state index in [4.69, 9.17) is 0 Å². The summed E-state index contributed by atoms with van der Waals surface area (Å²) in [6.45, 7) is 3.12. The van der Waals surface area contributed by atoms with Gasteiger partial charge in [-0.3, -0.25) is 0 Å². The van der Waals surface area contributed by atoms with Gasteiger partial charge in [0.05, 0.1) is 0 Å². The van der Waals surface area contributed by atoms with E-state index >= 15 is 0 Å². The highest BCUT2D eigenvalue weighted by molar-refractivity contribution is 9.10. The standard InChI is InChI=1S/C16H21BrFN/c1-10(15-7-11-2-3-12(15)6-11)19-9-13-4-5-14(18)8-16(13)17/h4-5,8,10-12,15,19H,2-3,6-7,9H2,1H3. The summed E-state index contributed by atoms with van der Waals surface area (Å²) in [5.74, 6) is 2.61. The van der Waals surface area contributed by atoms with Crippen LogP contribution in [0, 0.1) is 23.6 Å². The van der Waals surface area contributed by atoms with E-state index in [1.807, 2.05) is 6.07 Å². The third kappa shape index (κ3) is 2.87. The molecule has 1 N–H and O–H groups in total. The monoisotopic (exact) mass is 325 g/mol. The van der Waals surface area contributed by atoms with Crippen molar-refractivity contribution in [2.24, 2.45) is 17.8 Å². The van der Waals surface area contributed by atoms with Crippen molar-refractivity contribution in [2.75, 3.05) is 0 Å². The van der Waals surface area contributed by atoms with E-state index in [1.54, 1.807) is 6.07 Å². The highest BCUT2D eigenvalue weighted by Gasteiger charge is 2.41. The molecule has 4 atom stereocenters. The molecule has 0 heterocycles. The van der Waals surface area contributed by atoms with Crippen LogP contribution in [0.25, 0.3) is 0 Å². The zero-order valence-corrected chi connectivity index (χ0v) is 12.9. The lowest BCUT2D eigenvalue weighted by molar-refractivity contribution is 0.259. The molecule has 0 aromatic heterocycles. The number of hydrogen-bond acceptors (Lipinski definition) is 1. The van der Waals surface area contributed by atoms with Gasteiger partial charge in [0.15, 0.2) is 0 Å². The highest BCUT2D eigenvalue weighted by Crippen LogP contribution is 2.49. The molecule has 0 aliphatic heterocycles. The Hall–Kier alpha value is -0.410. The summed E-state index contributed by atoms with van der Waals surface area (Å²) in [6, 6.07) is 5.50. The van der Waals surface area contributed by atoms with Crippen LogP contribution in [0.5, 0.6) is 0 Å². The quantitative estimate of drug-likeness (QED) is 0.859. The molecule has 1 aromatic carbocycles. The van der Waals surface area contributed by atoms with Gasteiger partial charge in [-0.15, -0.1) is 0 Å².